The highest BCUT2D eigenvalue weighted by atomic mass is 19.1. The van der Waals surface area contributed by atoms with E-state index < -0.39 is 0 Å². The predicted molar refractivity (Wildman–Crippen MR) is 80.4 cm³/mol. The standard InChI is InChI=1S/C17H26FNO/c1-3-13-5-4-6-16(10-13)20-17-8-7-15(18)11-14(17)9-12(2)19/h7-8,11-13,16H,3-6,9-10,19H2,1-2H3. The van der Waals surface area contributed by atoms with Crippen LogP contribution in [0.1, 0.15) is 51.5 Å². The van der Waals surface area contributed by atoms with Gasteiger partial charge in [-0.25, -0.2) is 4.39 Å². The van der Waals surface area contributed by atoms with Crippen LogP contribution in [0.5, 0.6) is 5.75 Å². The summed E-state index contributed by atoms with van der Waals surface area (Å²) in [7, 11) is 0. The maximum absolute atomic E-state index is 13.4. The van der Waals surface area contributed by atoms with Crippen LogP contribution in [0.15, 0.2) is 18.2 Å². The van der Waals surface area contributed by atoms with Crippen LogP contribution < -0.4 is 10.5 Å². The van der Waals surface area contributed by atoms with Gasteiger partial charge < -0.3 is 10.5 Å². The summed E-state index contributed by atoms with van der Waals surface area (Å²) in [6.07, 6.45) is 6.90. The lowest BCUT2D eigenvalue weighted by Gasteiger charge is -2.29. The Morgan fingerprint density at radius 3 is 2.90 bits per heavy atom. The Bertz CT molecular complexity index is 433. The van der Waals surface area contributed by atoms with Gasteiger partial charge in [0.25, 0.3) is 0 Å². The van der Waals surface area contributed by atoms with Gasteiger partial charge in [0, 0.05) is 6.04 Å². The lowest BCUT2D eigenvalue weighted by atomic mass is 9.85. The van der Waals surface area contributed by atoms with E-state index in [0.717, 1.165) is 30.1 Å². The summed E-state index contributed by atoms with van der Waals surface area (Å²) in [6.45, 7) is 4.18. The predicted octanol–water partition coefficient (Wildman–Crippen LogP) is 4.06. The van der Waals surface area contributed by atoms with Gasteiger partial charge in [0.1, 0.15) is 11.6 Å². The molecule has 1 saturated carbocycles. The molecule has 20 heavy (non-hydrogen) atoms. The van der Waals surface area contributed by atoms with Gasteiger partial charge in [0.15, 0.2) is 0 Å². The van der Waals surface area contributed by atoms with Crippen molar-refractivity contribution < 1.29 is 9.13 Å². The number of hydrogen-bond acceptors (Lipinski definition) is 2. The molecular formula is C17H26FNO. The lowest BCUT2D eigenvalue weighted by molar-refractivity contribution is 0.120. The second-order valence-corrected chi connectivity index (χ2v) is 6.11. The summed E-state index contributed by atoms with van der Waals surface area (Å²) in [5, 5.41) is 0. The highest BCUT2D eigenvalue weighted by Crippen LogP contribution is 2.31. The molecule has 0 aliphatic heterocycles. The largest absolute Gasteiger partial charge is 0.490 e. The van der Waals surface area contributed by atoms with Crippen molar-refractivity contribution in [2.75, 3.05) is 0 Å². The molecular weight excluding hydrogens is 253 g/mol. The summed E-state index contributed by atoms with van der Waals surface area (Å²) in [6, 6.07) is 4.79. The molecule has 1 aromatic carbocycles. The van der Waals surface area contributed by atoms with Gasteiger partial charge in [-0.1, -0.05) is 19.8 Å². The molecule has 1 fully saturated rings. The lowest BCUT2D eigenvalue weighted by Crippen LogP contribution is -2.26. The first kappa shape index (κ1) is 15.3. The summed E-state index contributed by atoms with van der Waals surface area (Å²) in [5.74, 6) is 1.36. The maximum Gasteiger partial charge on any atom is 0.123 e. The molecule has 2 N–H and O–H groups in total. The van der Waals surface area contributed by atoms with Gasteiger partial charge in [0.05, 0.1) is 6.10 Å². The fraction of sp³-hybridized carbons (Fsp3) is 0.647. The molecule has 1 aliphatic carbocycles. The third kappa shape index (κ3) is 4.20. The Balaban J connectivity index is 2.07. The molecule has 3 unspecified atom stereocenters. The van der Waals surface area contributed by atoms with Gasteiger partial charge in [-0.05, 0) is 62.3 Å². The second-order valence-electron chi connectivity index (χ2n) is 6.11. The number of ether oxygens (including phenoxy) is 1. The topological polar surface area (TPSA) is 35.2 Å². The first-order valence-corrected chi connectivity index (χ1v) is 7.79. The third-order valence-electron chi connectivity index (χ3n) is 4.17. The normalized spacial score (nSPS) is 24.4. The highest BCUT2D eigenvalue weighted by molar-refractivity contribution is 5.34. The molecule has 1 aliphatic rings. The molecule has 1 aromatic rings. The van der Waals surface area contributed by atoms with E-state index in [0.29, 0.717) is 6.42 Å². The fourth-order valence-electron chi connectivity index (χ4n) is 3.07. The Labute approximate surface area is 121 Å². The number of halogens is 1. The third-order valence-corrected chi connectivity index (χ3v) is 4.17. The summed E-state index contributed by atoms with van der Waals surface area (Å²) in [4.78, 5) is 0. The van der Waals surface area contributed by atoms with E-state index >= 15 is 0 Å². The van der Waals surface area contributed by atoms with Crippen molar-refractivity contribution in [1.29, 1.82) is 0 Å². The zero-order valence-electron chi connectivity index (χ0n) is 12.6. The first-order chi connectivity index (χ1) is 9.58. The Hall–Kier alpha value is -1.09. The molecule has 0 radical (unpaired) electrons. The molecule has 0 bridgehead atoms. The molecule has 0 heterocycles. The van der Waals surface area contributed by atoms with E-state index in [1.807, 2.05) is 6.92 Å². The van der Waals surface area contributed by atoms with Gasteiger partial charge in [0.2, 0.25) is 0 Å². The smallest absolute Gasteiger partial charge is 0.123 e. The molecule has 0 aromatic heterocycles. The molecule has 3 heteroatoms. The average molecular weight is 279 g/mol. The van der Waals surface area contributed by atoms with E-state index in [-0.39, 0.29) is 18.0 Å². The molecule has 3 atom stereocenters. The van der Waals surface area contributed by atoms with E-state index in [4.69, 9.17) is 10.5 Å². The van der Waals surface area contributed by atoms with E-state index in [9.17, 15) is 4.39 Å². The maximum atomic E-state index is 13.4. The molecule has 0 amide bonds. The number of hydrogen-bond donors (Lipinski definition) is 1. The van der Waals surface area contributed by atoms with Gasteiger partial charge in [-0.2, -0.15) is 0 Å². The van der Waals surface area contributed by atoms with Crippen LogP contribution in [0.4, 0.5) is 4.39 Å². The Morgan fingerprint density at radius 2 is 2.20 bits per heavy atom. The van der Waals surface area contributed by atoms with Crippen molar-refractivity contribution in [1.82, 2.24) is 0 Å². The quantitative estimate of drug-likeness (QED) is 0.882. The monoisotopic (exact) mass is 279 g/mol. The van der Waals surface area contributed by atoms with Gasteiger partial charge >= 0.3 is 0 Å². The van der Waals surface area contributed by atoms with Crippen molar-refractivity contribution in [2.45, 2.75) is 64.5 Å². The van der Waals surface area contributed by atoms with Crippen LogP contribution >= 0.6 is 0 Å². The van der Waals surface area contributed by atoms with E-state index in [2.05, 4.69) is 6.92 Å². The van der Waals surface area contributed by atoms with E-state index in [1.165, 1.54) is 25.3 Å². The van der Waals surface area contributed by atoms with Crippen LogP contribution in [0, 0.1) is 11.7 Å². The van der Waals surface area contributed by atoms with Crippen LogP contribution in [-0.4, -0.2) is 12.1 Å². The zero-order chi connectivity index (χ0) is 14.5. The zero-order valence-corrected chi connectivity index (χ0v) is 12.6. The molecule has 0 saturated heterocycles. The van der Waals surface area contributed by atoms with Crippen molar-refractivity contribution in [3.8, 4) is 5.75 Å². The minimum Gasteiger partial charge on any atom is -0.490 e. The van der Waals surface area contributed by atoms with Crippen molar-refractivity contribution in [2.24, 2.45) is 11.7 Å². The fourth-order valence-corrected chi connectivity index (χ4v) is 3.07. The van der Waals surface area contributed by atoms with Gasteiger partial charge in [-0.3, -0.25) is 0 Å². The van der Waals surface area contributed by atoms with E-state index in [1.54, 1.807) is 12.1 Å². The first-order valence-electron chi connectivity index (χ1n) is 7.79. The van der Waals surface area contributed by atoms with Crippen LogP contribution in [0.25, 0.3) is 0 Å². The number of benzene rings is 1. The minimum absolute atomic E-state index is 0.00824. The number of nitrogens with two attached hydrogens (primary N) is 1. The molecule has 2 nitrogen and oxygen atoms in total. The van der Waals surface area contributed by atoms with Crippen LogP contribution in [0.3, 0.4) is 0 Å². The van der Waals surface area contributed by atoms with Crippen molar-refractivity contribution >= 4 is 0 Å². The van der Waals surface area contributed by atoms with Crippen LogP contribution in [0.2, 0.25) is 0 Å². The molecule has 112 valence electrons. The van der Waals surface area contributed by atoms with Crippen molar-refractivity contribution in [3.05, 3.63) is 29.6 Å². The highest BCUT2D eigenvalue weighted by Gasteiger charge is 2.23. The molecule has 2 rings (SSSR count). The Kier molecular flexibility index (Phi) is 5.41. The minimum atomic E-state index is -0.219. The number of rotatable bonds is 5. The van der Waals surface area contributed by atoms with Crippen LogP contribution in [-0.2, 0) is 6.42 Å². The molecule has 0 spiro atoms. The van der Waals surface area contributed by atoms with Gasteiger partial charge in [-0.15, -0.1) is 0 Å². The second kappa shape index (κ2) is 7.07. The average Bonchev–Trinajstić information content (AvgIpc) is 2.41. The summed E-state index contributed by atoms with van der Waals surface area (Å²) < 4.78 is 19.5. The summed E-state index contributed by atoms with van der Waals surface area (Å²) in [5.41, 5.74) is 6.73. The summed E-state index contributed by atoms with van der Waals surface area (Å²) >= 11 is 0. The Morgan fingerprint density at radius 1 is 1.40 bits per heavy atom. The SMILES string of the molecule is CCC1CCCC(Oc2ccc(F)cc2CC(C)N)C1. The van der Waals surface area contributed by atoms with Crippen molar-refractivity contribution in [3.63, 3.8) is 0 Å².